The lowest BCUT2D eigenvalue weighted by Gasteiger charge is -2.35. The first-order valence-corrected chi connectivity index (χ1v) is 9.14. The molecule has 2 fully saturated rings. The van der Waals surface area contributed by atoms with Crippen LogP contribution in [0.1, 0.15) is 39.5 Å². The topological polar surface area (TPSA) is 117 Å². The summed E-state index contributed by atoms with van der Waals surface area (Å²) in [7, 11) is 2.38. The molecule has 0 aliphatic carbocycles. The molecule has 0 amide bonds. The highest BCUT2D eigenvalue weighted by Crippen LogP contribution is 2.54. The quantitative estimate of drug-likeness (QED) is 0.466. The molecule has 0 radical (unpaired) electrons. The van der Waals surface area contributed by atoms with Crippen LogP contribution >= 0.6 is 0 Å². The monoisotopic (exact) mass is 385 g/mol. The largest absolute Gasteiger partial charge is 0.468 e. The van der Waals surface area contributed by atoms with Crippen molar-refractivity contribution in [1.29, 1.82) is 0 Å². The SMILES string of the molecule is CCCOC(=O)[C@H]1[C@H](C(=O)OCCC)[C@]2(C(=O)OC)CC[C@@]1(C(=O)OC)N2. The zero-order chi connectivity index (χ0) is 20.2. The lowest BCUT2D eigenvalue weighted by Crippen LogP contribution is -2.54. The van der Waals surface area contributed by atoms with Crippen LogP contribution in [0.5, 0.6) is 0 Å². The molecule has 2 saturated heterocycles. The van der Waals surface area contributed by atoms with E-state index in [1.54, 1.807) is 0 Å². The first-order valence-electron chi connectivity index (χ1n) is 9.14. The van der Waals surface area contributed by atoms with E-state index in [0.717, 1.165) is 0 Å². The van der Waals surface area contributed by atoms with Gasteiger partial charge in [0.1, 0.15) is 22.9 Å². The third-order valence-corrected chi connectivity index (χ3v) is 5.26. The minimum absolute atomic E-state index is 0.133. The Labute approximate surface area is 158 Å². The highest BCUT2D eigenvalue weighted by atomic mass is 16.6. The van der Waals surface area contributed by atoms with E-state index in [-0.39, 0.29) is 26.1 Å². The van der Waals surface area contributed by atoms with Gasteiger partial charge >= 0.3 is 23.9 Å². The van der Waals surface area contributed by atoms with Crippen LogP contribution in [0.3, 0.4) is 0 Å². The summed E-state index contributed by atoms with van der Waals surface area (Å²) in [5.74, 6) is -5.41. The van der Waals surface area contributed by atoms with Gasteiger partial charge in [0.15, 0.2) is 0 Å². The van der Waals surface area contributed by atoms with Crippen molar-refractivity contribution < 1.29 is 38.1 Å². The van der Waals surface area contributed by atoms with E-state index >= 15 is 0 Å². The number of ether oxygens (including phenoxy) is 4. The summed E-state index contributed by atoms with van der Waals surface area (Å²) in [4.78, 5) is 50.9. The molecule has 0 aromatic heterocycles. The van der Waals surface area contributed by atoms with Crippen molar-refractivity contribution in [3.05, 3.63) is 0 Å². The smallest absolute Gasteiger partial charge is 0.327 e. The number of hydrogen-bond acceptors (Lipinski definition) is 9. The molecule has 0 unspecified atom stereocenters. The number of esters is 4. The number of hydrogen-bond donors (Lipinski definition) is 1. The third kappa shape index (κ3) is 3.28. The Hall–Kier alpha value is -2.16. The summed E-state index contributed by atoms with van der Waals surface area (Å²) >= 11 is 0. The summed E-state index contributed by atoms with van der Waals surface area (Å²) in [6, 6.07) is 0. The van der Waals surface area contributed by atoms with Crippen molar-refractivity contribution in [3.63, 3.8) is 0 Å². The molecule has 9 nitrogen and oxygen atoms in total. The Morgan fingerprint density at radius 3 is 1.48 bits per heavy atom. The molecule has 2 bridgehead atoms. The van der Waals surface area contributed by atoms with Crippen LogP contribution < -0.4 is 5.32 Å². The molecule has 2 heterocycles. The maximum absolute atomic E-state index is 12.8. The summed E-state index contributed by atoms with van der Waals surface area (Å²) in [5.41, 5.74) is -3.08. The minimum atomic E-state index is -1.54. The fourth-order valence-corrected chi connectivity index (χ4v) is 4.14. The van der Waals surface area contributed by atoms with Crippen molar-refractivity contribution in [2.45, 2.75) is 50.6 Å². The predicted molar refractivity (Wildman–Crippen MR) is 91.3 cm³/mol. The second-order valence-corrected chi connectivity index (χ2v) is 6.84. The first-order chi connectivity index (χ1) is 12.8. The van der Waals surface area contributed by atoms with Gasteiger partial charge in [-0.25, -0.2) is 0 Å². The maximum atomic E-state index is 12.8. The van der Waals surface area contributed by atoms with E-state index in [1.807, 2.05) is 13.8 Å². The molecule has 2 aliphatic rings. The molecular formula is C18H27NO8. The van der Waals surface area contributed by atoms with Crippen molar-refractivity contribution in [2.24, 2.45) is 11.8 Å². The molecule has 0 spiro atoms. The molecule has 0 aromatic carbocycles. The van der Waals surface area contributed by atoms with Crippen LogP contribution in [0.15, 0.2) is 0 Å². The molecule has 152 valence electrons. The molecule has 1 N–H and O–H groups in total. The van der Waals surface area contributed by atoms with E-state index < -0.39 is 46.8 Å². The van der Waals surface area contributed by atoms with Crippen molar-refractivity contribution in [3.8, 4) is 0 Å². The Balaban J connectivity index is 2.54. The van der Waals surface area contributed by atoms with Gasteiger partial charge in [-0.2, -0.15) is 0 Å². The second-order valence-electron chi connectivity index (χ2n) is 6.84. The summed E-state index contributed by atoms with van der Waals surface area (Å²) in [6.07, 6.45) is 1.42. The van der Waals surface area contributed by atoms with E-state index in [1.165, 1.54) is 14.2 Å². The number of rotatable bonds is 8. The number of nitrogens with one attached hydrogen (secondary N) is 1. The Morgan fingerprint density at radius 1 is 0.815 bits per heavy atom. The van der Waals surface area contributed by atoms with Crippen molar-refractivity contribution >= 4 is 23.9 Å². The van der Waals surface area contributed by atoms with Crippen molar-refractivity contribution in [2.75, 3.05) is 27.4 Å². The standard InChI is InChI=1S/C18H27NO8/c1-5-9-26-13(20)11-12(14(21)27-10-6-2)18(16(23)25-4)8-7-17(11,19-18)15(22)24-3/h11-12,19H,5-10H2,1-4H3/t11-,12-,17-,18+/m1/s1. The minimum Gasteiger partial charge on any atom is -0.468 e. The fourth-order valence-electron chi connectivity index (χ4n) is 4.14. The fraction of sp³-hybridized carbons (Fsp3) is 0.778. The Kier molecular flexibility index (Phi) is 6.46. The summed E-state index contributed by atoms with van der Waals surface area (Å²) in [5, 5.41) is 2.92. The van der Waals surface area contributed by atoms with E-state index in [0.29, 0.717) is 12.8 Å². The van der Waals surface area contributed by atoms with Crippen LogP contribution in [-0.2, 0) is 38.1 Å². The van der Waals surface area contributed by atoms with Crippen LogP contribution in [0, 0.1) is 11.8 Å². The lowest BCUT2D eigenvalue weighted by atomic mass is 9.66. The zero-order valence-corrected chi connectivity index (χ0v) is 16.2. The normalized spacial score (nSPS) is 31.3. The van der Waals surface area contributed by atoms with Crippen molar-refractivity contribution in [1.82, 2.24) is 5.32 Å². The maximum Gasteiger partial charge on any atom is 0.327 e. The summed E-state index contributed by atoms with van der Waals surface area (Å²) in [6.45, 7) is 3.92. The molecule has 27 heavy (non-hydrogen) atoms. The highest BCUT2D eigenvalue weighted by Gasteiger charge is 2.77. The molecule has 2 aliphatic heterocycles. The van der Waals surface area contributed by atoms with Crippen LogP contribution in [0.4, 0.5) is 0 Å². The van der Waals surface area contributed by atoms with Gasteiger partial charge in [-0.05, 0) is 25.7 Å². The van der Waals surface area contributed by atoms with Gasteiger partial charge in [0.05, 0.1) is 27.4 Å². The number of carbonyl (C=O) groups excluding carboxylic acids is 4. The number of methoxy groups -OCH3 is 2. The summed E-state index contributed by atoms with van der Waals surface area (Å²) < 4.78 is 20.3. The predicted octanol–water partition coefficient (Wildman–Crippen LogP) is 0.346. The average Bonchev–Trinajstić information content (AvgIpc) is 3.23. The van der Waals surface area contributed by atoms with E-state index in [2.05, 4.69) is 5.32 Å². The number of carbonyl (C=O) groups is 4. The molecule has 9 heteroatoms. The van der Waals surface area contributed by atoms with Crippen LogP contribution in [-0.4, -0.2) is 62.4 Å². The van der Waals surface area contributed by atoms with Gasteiger partial charge in [0, 0.05) is 0 Å². The van der Waals surface area contributed by atoms with Crippen LogP contribution in [0.25, 0.3) is 0 Å². The first kappa shape index (κ1) is 21.1. The van der Waals surface area contributed by atoms with E-state index in [9.17, 15) is 19.2 Å². The van der Waals surface area contributed by atoms with Gasteiger partial charge in [-0.1, -0.05) is 13.8 Å². The van der Waals surface area contributed by atoms with Gasteiger partial charge in [0.2, 0.25) is 0 Å². The molecule has 0 saturated carbocycles. The molecule has 0 aromatic rings. The zero-order valence-electron chi connectivity index (χ0n) is 16.2. The lowest BCUT2D eigenvalue weighted by molar-refractivity contribution is -0.172. The third-order valence-electron chi connectivity index (χ3n) is 5.26. The van der Waals surface area contributed by atoms with Gasteiger partial charge in [-0.3, -0.25) is 24.5 Å². The van der Waals surface area contributed by atoms with Gasteiger partial charge < -0.3 is 18.9 Å². The molecule has 2 rings (SSSR count). The van der Waals surface area contributed by atoms with E-state index in [4.69, 9.17) is 18.9 Å². The van der Waals surface area contributed by atoms with Gasteiger partial charge in [0.25, 0.3) is 0 Å². The van der Waals surface area contributed by atoms with Gasteiger partial charge in [-0.15, -0.1) is 0 Å². The molecule has 4 atom stereocenters. The average molecular weight is 385 g/mol. The highest BCUT2D eigenvalue weighted by molar-refractivity contribution is 6.01. The second kappa shape index (κ2) is 8.24. The Morgan fingerprint density at radius 2 is 1.19 bits per heavy atom. The van der Waals surface area contributed by atoms with Crippen LogP contribution in [0.2, 0.25) is 0 Å². The molecular weight excluding hydrogens is 358 g/mol. The number of fused-ring (bicyclic) bond motifs is 2. The Bertz CT molecular complexity index is 568.